The number of hydrogen-bond acceptors (Lipinski definition) is 5. The van der Waals surface area contributed by atoms with Crippen LogP contribution in [0.4, 0.5) is 0 Å². The van der Waals surface area contributed by atoms with E-state index in [1.165, 1.54) is 5.01 Å². The summed E-state index contributed by atoms with van der Waals surface area (Å²) in [5.74, 6) is 0. The zero-order valence-electron chi connectivity index (χ0n) is 7.97. The van der Waals surface area contributed by atoms with E-state index in [4.69, 9.17) is 9.57 Å². The lowest BCUT2D eigenvalue weighted by molar-refractivity contribution is -0.00761. The van der Waals surface area contributed by atoms with Gasteiger partial charge in [0.25, 0.3) is 0 Å². The van der Waals surface area contributed by atoms with Gasteiger partial charge in [-0.25, -0.2) is 0 Å². The van der Waals surface area contributed by atoms with E-state index in [9.17, 15) is 5.21 Å². The average Bonchev–Trinajstić information content (AvgIpc) is 2.90. The molecule has 1 saturated heterocycles. The van der Waals surface area contributed by atoms with Crippen molar-refractivity contribution in [1.29, 1.82) is 0 Å². The fourth-order valence-electron chi connectivity index (χ4n) is 0.847. The molecule has 0 aliphatic carbocycles. The molecule has 6 heteroatoms. The maximum atomic E-state index is 11.1. The summed E-state index contributed by atoms with van der Waals surface area (Å²) in [4.78, 5) is 4.78. The number of rotatable bonds is 7. The molecule has 1 aliphatic heterocycles. The van der Waals surface area contributed by atoms with Gasteiger partial charge in [0.2, 0.25) is 0 Å². The minimum absolute atomic E-state index is 0.133. The molecule has 0 saturated carbocycles. The topological polar surface area (TPSA) is 65.4 Å². The first-order chi connectivity index (χ1) is 6.27. The van der Waals surface area contributed by atoms with Gasteiger partial charge in [-0.1, -0.05) is 13.8 Å². The molecule has 0 spiro atoms. The SMILES string of the molecule is CCN(CC)N([O-])[N-]OCC1CO1. The van der Waals surface area contributed by atoms with Gasteiger partial charge in [0.05, 0.1) is 13.2 Å². The zero-order chi connectivity index (χ0) is 9.68. The van der Waals surface area contributed by atoms with E-state index in [-0.39, 0.29) is 6.10 Å². The monoisotopic (exact) mass is 189 g/mol. The molecule has 1 heterocycles. The van der Waals surface area contributed by atoms with Crippen molar-refractivity contribution in [1.82, 2.24) is 10.3 Å². The van der Waals surface area contributed by atoms with Gasteiger partial charge in [0.15, 0.2) is 0 Å². The number of nitrogens with zero attached hydrogens (tertiary/aromatic N) is 3. The molecule has 0 N–H and O–H groups in total. The third-order valence-corrected chi connectivity index (χ3v) is 1.76. The summed E-state index contributed by atoms with van der Waals surface area (Å²) < 4.78 is 4.88. The van der Waals surface area contributed by atoms with E-state index in [1.807, 2.05) is 13.8 Å². The number of ether oxygens (including phenoxy) is 1. The van der Waals surface area contributed by atoms with Gasteiger partial charge < -0.3 is 25.7 Å². The third kappa shape index (κ3) is 3.99. The molecular weight excluding hydrogens is 174 g/mol. The Morgan fingerprint density at radius 1 is 1.54 bits per heavy atom. The van der Waals surface area contributed by atoms with Crippen LogP contribution >= 0.6 is 0 Å². The van der Waals surface area contributed by atoms with Crippen molar-refractivity contribution < 1.29 is 9.57 Å². The Hall–Kier alpha value is -0.240. The van der Waals surface area contributed by atoms with E-state index in [1.54, 1.807) is 0 Å². The molecule has 1 unspecified atom stereocenters. The first-order valence-corrected chi connectivity index (χ1v) is 4.44. The van der Waals surface area contributed by atoms with Crippen LogP contribution in [0.15, 0.2) is 0 Å². The van der Waals surface area contributed by atoms with Gasteiger partial charge in [-0.2, -0.15) is 0 Å². The molecule has 6 nitrogen and oxygen atoms in total. The zero-order valence-corrected chi connectivity index (χ0v) is 7.97. The first kappa shape index (κ1) is 10.8. The van der Waals surface area contributed by atoms with E-state index >= 15 is 0 Å². The molecule has 0 amide bonds. The third-order valence-electron chi connectivity index (χ3n) is 1.76. The minimum atomic E-state index is 0.133. The highest BCUT2D eigenvalue weighted by atomic mass is 16.8. The lowest BCUT2D eigenvalue weighted by atomic mass is 10.5. The second kappa shape index (κ2) is 5.48. The average molecular weight is 189 g/mol. The van der Waals surface area contributed by atoms with Gasteiger partial charge in [-0.3, -0.25) is 5.01 Å². The van der Waals surface area contributed by atoms with Crippen molar-refractivity contribution in [2.75, 3.05) is 26.3 Å². The second-order valence-electron chi connectivity index (χ2n) is 2.72. The van der Waals surface area contributed by atoms with Crippen LogP contribution in [0.25, 0.3) is 5.59 Å². The summed E-state index contributed by atoms with van der Waals surface area (Å²) in [5.41, 5.74) is 3.37. The Bertz CT molecular complexity index is 139. The summed E-state index contributed by atoms with van der Waals surface area (Å²) in [7, 11) is 0. The van der Waals surface area contributed by atoms with Gasteiger partial charge in [-0.05, 0) is 0 Å². The Morgan fingerprint density at radius 3 is 2.62 bits per heavy atom. The summed E-state index contributed by atoms with van der Waals surface area (Å²) in [5, 5.41) is 13.1. The number of hydrazine groups is 1. The Kier molecular flexibility index (Phi) is 4.57. The van der Waals surface area contributed by atoms with Crippen LogP contribution in [0.1, 0.15) is 13.8 Å². The Balaban J connectivity index is 2.03. The van der Waals surface area contributed by atoms with Crippen molar-refractivity contribution in [2.45, 2.75) is 20.0 Å². The maximum absolute atomic E-state index is 11.1. The fourth-order valence-corrected chi connectivity index (χ4v) is 0.847. The first-order valence-electron chi connectivity index (χ1n) is 4.44. The van der Waals surface area contributed by atoms with E-state index in [0.717, 1.165) is 0 Å². The predicted molar refractivity (Wildman–Crippen MR) is 47.2 cm³/mol. The molecule has 1 atom stereocenters. The maximum Gasteiger partial charge on any atom is 0.102 e. The number of epoxide rings is 1. The van der Waals surface area contributed by atoms with Crippen molar-refractivity contribution in [3.05, 3.63) is 10.8 Å². The summed E-state index contributed by atoms with van der Waals surface area (Å²) >= 11 is 0. The van der Waals surface area contributed by atoms with Gasteiger partial charge in [0.1, 0.15) is 6.10 Å². The van der Waals surface area contributed by atoms with Gasteiger partial charge >= 0.3 is 0 Å². The molecule has 0 radical (unpaired) electrons. The molecule has 0 aromatic rings. The molecule has 1 rings (SSSR count). The quantitative estimate of drug-likeness (QED) is 0.435. The van der Waals surface area contributed by atoms with Crippen LogP contribution in [-0.4, -0.2) is 42.7 Å². The van der Waals surface area contributed by atoms with E-state index in [2.05, 4.69) is 5.59 Å². The summed E-state index contributed by atoms with van der Waals surface area (Å²) in [6, 6.07) is 0. The van der Waals surface area contributed by atoms with Crippen molar-refractivity contribution in [3.63, 3.8) is 0 Å². The molecule has 0 bridgehead atoms. The predicted octanol–water partition coefficient (Wildman–Crippen LogP) is 0.662. The van der Waals surface area contributed by atoms with Crippen LogP contribution in [0.3, 0.4) is 0 Å². The molecule has 0 aromatic heterocycles. The second-order valence-corrected chi connectivity index (χ2v) is 2.72. The Labute approximate surface area is 77.9 Å². The minimum Gasteiger partial charge on any atom is -0.788 e. The Morgan fingerprint density at radius 2 is 2.15 bits per heavy atom. The fraction of sp³-hybridized carbons (Fsp3) is 1.00. The van der Waals surface area contributed by atoms with Gasteiger partial charge in [-0.15, -0.1) is 0 Å². The molecular formula is C7H15N3O3-2. The molecule has 78 valence electrons. The van der Waals surface area contributed by atoms with Crippen LogP contribution in [-0.2, 0) is 9.57 Å². The standard InChI is InChI=1S/C7H15N3O3/c1-3-9(4-2)10(11)8-13-6-7-5-12-7/h7H,3-6H2,1-2H3/q-2. The van der Waals surface area contributed by atoms with Crippen molar-refractivity contribution in [2.24, 2.45) is 0 Å². The highest BCUT2D eigenvalue weighted by molar-refractivity contribution is 4.69. The lowest BCUT2D eigenvalue weighted by Crippen LogP contribution is -2.35. The largest absolute Gasteiger partial charge is 0.788 e. The van der Waals surface area contributed by atoms with Gasteiger partial charge in [0, 0.05) is 13.1 Å². The van der Waals surface area contributed by atoms with E-state index in [0.29, 0.717) is 31.6 Å². The number of hydrogen-bond donors (Lipinski definition) is 0. The highest BCUT2D eigenvalue weighted by Crippen LogP contribution is 2.11. The summed E-state index contributed by atoms with van der Waals surface area (Å²) in [6.07, 6.45) is 0.133. The van der Waals surface area contributed by atoms with Crippen molar-refractivity contribution >= 4 is 0 Å². The smallest absolute Gasteiger partial charge is 0.102 e. The van der Waals surface area contributed by atoms with E-state index < -0.39 is 0 Å². The normalized spacial score (nSPS) is 21.5. The highest BCUT2D eigenvalue weighted by Gasteiger charge is 2.20. The summed E-state index contributed by atoms with van der Waals surface area (Å²) in [6.45, 7) is 6.07. The molecule has 0 aromatic carbocycles. The van der Waals surface area contributed by atoms with Crippen LogP contribution in [0, 0.1) is 5.21 Å². The molecule has 1 fully saturated rings. The van der Waals surface area contributed by atoms with Crippen LogP contribution in [0.2, 0.25) is 0 Å². The molecule has 13 heavy (non-hydrogen) atoms. The lowest BCUT2D eigenvalue weighted by Gasteiger charge is -2.50. The van der Waals surface area contributed by atoms with Crippen LogP contribution in [0.5, 0.6) is 0 Å². The van der Waals surface area contributed by atoms with Crippen LogP contribution < -0.4 is 0 Å². The van der Waals surface area contributed by atoms with Crippen molar-refractivity contribution in [3.8, 4) is 0 Å². The molecule has 1 aliphatic rings.